The molecule has 0 radical (unpaired) electrons. The second kappa shape index (κ2) is 5.59. The van der Waals surface area contributed by atoms with E-state index in [4.69, 9.17) is 0 Å². The summed E-state index contributed by atoms with van der Waals surface area (Å²) in [5.41, 5.74) is 2.34. The molecule has 3 nitrogen and oxygen atoms in total. The van der Waals surface area contributed by atoms with Crippen LogP contribution in [0.25, 0.3) is 11.3 Å². The second-order valence-corrected chi connectivity index (χ2v) is 4.64. The summed E-state index contributed by atoms with van der Waals surface area (Å²) in [6, 6.07) is 19.3. The highest BCUT2D eigenvalue weighted by atomic mass is 16.3. The highest BCUT2D eigenvalue weighted by molar-refractivity contribution is 6.09. The van der Waals surface area contributed by atoms with Gasteiger partial charge < -0.3 is 5.11 Å². The Labute approximate surface area is 122 Å². The van der Waals surface area contributed by atoms with Crippen LogP contribution in [0.2, 0.25) is 0 Å². The van der Waals surface area contributed by atoms with E-state index in [-0.39, 0.29) is 11.5 Å². The normalized spacial score (nSPS) is 10.3. The summed E-state index contributed by atoms with van der Waals surface area (Å²) in [4.78, 5) is 16.7. The lowest BCUT2D eigenvalue weighted by Crippen LogP contribution is -2.01. The summed E-state index contributed by atoms with van der Waals surface area (Å²) in [6.07, 6.45) is 1.65. The van der Waals surface area contributed by atoms with E-state index < -0.39 is 0 Å². The number of carbonyl (C=O) groups excluding carboxylic acids is 1. The third-order valence-corrected chi connectivity index (χ3v) is 3.24. The van der Waals surface area contributed by atoms with E-state index in [9.17, 15) is 9.90 Å². The van der Waals surface area contributed by atoms with Crippen LogP contribution in [0.1, 0.15) is 15.9 Å². The topological polar surface area (TPSA) is 50.2 Å². The molecule has 102 valence electrons. The minimum Gasteiger partial charge on any atom is -0.507 e. The van der Waals surface area contributed by atoms with Gasteiger partial charge in [0.05, 0.1) is 5.69 Å². The molecular formula is C18H13NO2. The summed E-state index contributed by atoms with van der Waals surface area (Å²) < 4.78 is 0. The lowest BCUT2D eigenvalue weighted by Gasteiger charge is -2.07. The Kier molecular flexibility index (Phi) is 3.48. The third-order valence-electron chi connectivity index (χ3n) is 3.24. The first-order valence-electron chi connectivity index (χ1n) is 6.60. The number of phenolic OH excluding ortho intramolecular Hbond substituents is 1. The van der Waals surface area contributed by atoms with Crippen molar-refractivity contribution in [3.05, 3.63) is 84.1 Å². The molecule has 0 atom stereocenters. The van der Waals surface area contributed by atoms with Gasteiger partial charge in [0.25, 0.3) is 0 Å². The molecule has 0 amide bonds. The summed E-state index contributed by atoms with van der Waals surface area (Å²) in [6.45, 7) is 0. The number of hydrogen-bond donors (Lipinski definition) is 1. The van der Waals surface area contributed by atoms with Crippen LogP contribution in [0.5, 0.6) is 5.75 Å². The molecule has 1 heterocycles. The smallest absolute Gasteiger partial charge is 0.193 e. The SMILES string of the molecule is O=C(c1ccccc1)c1ccc(O)c(-c2ccccn2)c1. The fourth-order valence-corrected chi connectivity index (χ4v) is 2.16. The zero-order chi connectivity index (χ0) is 14.7. The minimum absolute atomic E-state index is 0.0761. The van der Waals surface area contributed by atoms with Gasteiger partial charge in [-0.05, 0) is 30.3 Å². The molecule has 0 aliphatic rings. The molecule has 0 spiro atoms. The molecule has 1 aromatic heterocycles. The van der Waals surface area contributed by atoms with E-state index in [1.807, 2.05) is 24.3 Å². The first-order chi connectivity index (χ1) is 10.3. The zero-order valence-electron chi connectivity index (χ0n) is 11.2. The molecule has 1 N–H and O–H groups in total. The van der Waals surface area contributed by atoms with Crippen LogP contribution >= 0.6 is 0 Å². The van der Waals surface area contributed by atoms with Crippen LogP contribution in [0.4, 0.5) is 0 Å². The van der Waals surface area contributed by atoms with Crippen molar-refractivity contribution in [3.8, 4) is 17.0 Å². The van der Waals surface area contributed by atoms with Crippen LogP contribution in [0, 0.1) is 0 Å². The number of carbonyl (C=O) groups is 1. The number of hydrogen-bond acceptors (Lipinski definition) is 3. The quantitative estimate of drug-likeness (QED) is 0.742. The first kappa shape index (κ1) is 13.1. The molecular weight excluding hydrogens is 262 g/mol. The minimum atomic E-state index is -0.0761. The van der Waals surface area contributed by atoms with E-state index in [0.29, 0.717) is 22.4 Å². The van der Waals surface area contributed by atoms with E-state index in [1.165, 1.54) is 6.07 Å². The lowest BCUT2D eigenvalue weighted by molar-refractivity contribution is 0.103. The van der Waals surface area contributed by atoms with Gasteiger partial charge in [-0.2, -0.15) is 0 Å². The first-order valence-corrected chi connectivity index (χ1v) is 6.60. The maximum absolute atomic E-state index is 12.4. The standard InChI is InChI=1S/C18H13NO2/c20-17-10-9-14(18(21)13-6-2-1-3-7-13)12-15(17)16-8-4-5-11-19-16/h1-12,20H. The Bertz CT molecular complexity index is 768. The molecule has 0 fully saturated rings. The number of rotatable bonds is 3. The number of ketones is 1. The molecule has 0 aliphatic heterocycles. The zero-order valence-corrected chi connectivity index (χ0v) is 11.2. The molecule has 0 unspecified atom stereocenters. The van der Waals surface area contributed by atoms with Gasteiger partial charge in [-0.1, -0.05) is 36.4 Å². The predicted molar refractivity (Wildman–Crippen MR) is 81.2 cm³/mol. The van der Waals surface area contributed by atoms with Gasteiger partial charge in [0, 0.05) is 22.9 Å². The van der Waals surface area contributed by atoms with Gasteiger partial charge in [-0.15, -0.1) is 0 Å². The van der Waals surface area contributed by atoms with Crippen LogP contribution in [-0.2, 0) is 0 Å². The maximum Gasteiger partial charge on any atom is 0.193 e. The van der Waals surface area contributed by atoms with Crippen LogP contribution in [0.3, 0.4) is 0 Å². The van der Waals surface area contributed by atoms with Crippen molar-refractivity contribution >= 4 is 5.78 Å². The summed E-state index contributed by atoms with van der Waals surface area (Å²) in [5.74, 6) is 0.0334. The summed E-state index contributed by atoms with van der Waals surface area (Å²) in [5, 5.41) is 9.99. The van der Waals surface area contributed by atoms with Crippen LogP contribution in [-0.4, -0.2) is 15.9 Å². The Morgan fingerprint density at radius 3 is 2.33 bits per heavy atom. The Balaban J connectivity index is 2.04. The van der Waals surface area contributed by atoms with Crippen molar-refractivity contribution < 1.29 is 9.90 Å². The fraction of sp³-hybridized carbons (Fsp3) is 0. The highest BCUT2D eigenvalue weighted by Crippen LogP contribution is 2.29. The number of benzene rings is 2. The predicted octanol–water partition coefficient (Wildman–Crippen LogP) is 3.69. The molecule has 0 saturated carbocycles. The van der Waals surface area contributed by atoms with Crippen LogP contribution in [0.15, 0.2) is 72.9 Å². The van der Waals surface area contributed by atoms with Crippen molar-refractivity contribution in [2.45, 2.75) is 0 Å². The largest absolute Gasteiger partial charge is 0.507 e. The van der Waals surface area contributed by atoms with Gasteiger partial charge in [0.1, 0.15) is 5.75 Å². The molecule has 0 aliphatic carbocycles. The Hall–Kier alpha value is -2.94. The van der Waals surface area contributed by atoms with Gasteiger partial charge in [0.15, 0.2) is 5.78 Å². The molecule has 3 heteroatoms. The molecule has 3 aromatic rings. The van der Waals surface area contributed by atoms with E-state index in [1.54, 1.807) is 42.6 Å². The summed E-state index contributed by atoms with van der Waals surface area (Å²) in [7, 11) is 0. The van der Waals surface area contributed by atoms with Crippen molar-refractivity contribution in [3.63, 3.8) is 0 Å². The maximum atomic E-state index is 12.4. The monoisotopic (exact) mass is 275 g/mol. The molecule has 2 aromatic carbocycles. The van der Waals surface area contributed by atoms with E-state index in [2.05, 4.69) is 4.98 Å². The second-order valence-electron chi connectivity index (χ2n) is 4.64. The van der Waals surface area contributed by atoms with Gasteiger partial charge in [0.2, 0.25) is 0 Å². The number of nitrogens with zero attached hydrogens (tertiary/aromatic N) is 1. The Morgan fingerprint density at radius 2 is 1.62 bits per heavy atom. The van der Waals surface area contributed by atoms with Gasteiger partial charge in [-0.25, -0.2) is 0 Å². The van der Waals surface area contributed by atoms with Crippen molar-refractivity contribution in [2.75, 3.05) is 0 Å². The number of pyridine rings is 1. The molecule has 21 heavy (non-hydrogen) atoms. The third kappa shape index (κ3) is 2.67. The lowest BCUT2D eigenvalue weighted by atomic mass is 9.99. The van der Waals surface area contributed by atoms with Crippen LogP contribution < -0.4 is 0 Å². The molecule has 0 saturated heterocycles. The van der Waals surface area contributed by atoms with E-state index in [0.717, 1.165) is 0 Å². The number of phenols is 1. The van der Waals surface area contributed by atoms with Crippen molar-refractivity contribution in [1.29, 1.82) is 0 Å². The van der Waals surface area contributed by atoms with Gasteiger partial charge >= 0.3 is 0 Å². The molecule has 0 bridgehead atoms. The fourth-order valence-electron chi connectivity index (χ4n) is 2.16. The average Bonchev–Trinajstić information content (AvgIpc) is 2.56. The number of aromatic nitrogens is 1. The molecule has 3 rings (SSSR count). The van der Waals surface area contributed by atoms with E-state index >= 15 is 0 Å². The van der Waals surface area contributed by atoms with Gasteiger partial charge in [-0.3, -0.25) is 9.78 Å². The van der Waals surface area contributed by atoms with Crippen molar-refractivity contribution in [1.82, 2.24) is 4.98 Å². The Morgan fingerprint density at radius 1 is 0.857 bits per heavy atom. The highest BCUT2D eigenvalue weighted by Gasteiger charge is 2.12. The average molecular weight is 275 g/mol. The summed E-state index contributed by atoms with van der Waals surface area (Å²) >= 11 is 0. The number of aromatic hydroxyl groups is 1. The van der Waals surface area contributed by atoms with Crippen molar-refractivity contribution in [2.24, 2.45) is 0 Å².